The molecule has 2 rings (SSSR count). The summed E-state index contributed by atoms with van der Waals surface area (Å²) in [5.74, 6) is 0.467. The Morgan fingerprint density at radius 2 is 2.17 bits per heavy atom. The zero-order chi connectivity index (χ0) is 8.39. The minimum atomic E-state index is -0.516. The Morgan fingerprint density at radius 1 is 1.42 bits per heavy atom. The van der Waals surface area contributed by atoms with Crippen LogP contribution in [0.5, 0.6) is 0 Å². The molecule has 1 aliphatic rings. The fourth-order valence-corrected chi connectivity index (χ4v) is 1.00. The Morgan fingerprint density at radius 3 is 2.83 bits per heavy atom. The molecular formula is C8H10FN3. The van der Waals surface area contributed by atoms with E-state index in [9.17, 15) is 4.39 Å². The van der Waals surface area contributed by atoms with Crippen LogP contribution in [0.3, 0.4) is 0 Å². The van der Waals surface area contributed by atoms with E-state index in [1.165, 1.54) is 25.2 Å². The molecule has 0 aromatic carbocycles. The maximum atomic E-state index is 12.8. The van der Waals surface area contributed by atoms with Crippen molar-refractivity contribution in [2.24, 2.45) is 5.92 Å². The standard InChI is InChI=1S/C8H10FN3/c9-7-8(11-4-3-10-7)12-5-6-1-2-6/h3-4,6H,1-2,5H2,(H,11,12). The fourth-order valence-electron chi connectivity index (χ4n) is 1.00. The second-order valence-corrected chi connectivity index (χ2v) is 3.02. The van der Waals surface area contributed by atoms with Gasteiger partial charge in [0.05, 0.1) is 0 Å². The van der Waals surface area contributed by atoms with Gasteiger partial charge in [0, 0.05) is 18.9 Å². The summed E-state index contributed by atoms with van der Waals surface area (Å²) in [4.78, 5) is 7.32. The molecule has 64 valence electrons. The molecule has 1 aromatic rings. The maximum Gasteiger partial charge on any atom is 0.255 e. The van der Waals surface area contributed by atoms with Crippen LogP contribution < -0.4 is 5.32 Å². The molecule has 0 spiro atoms. The largest absolute Gasteiger partial charge is 0.366 e. The first-order chi connectivity index (χ1) is 5.86. The van der Waals surface area contributed by atoms with E-state index in [4.69, 9.17) is 0 Å². The van der Waals surface area contributed by atoms with Crippen LogP contribution in [0.4, 0.5) is 10.2 Å². The van der Waals surface area contributed by atoms with Crippen molar-refractivity contribution in [3.8, 4) is 0 Å². The molecule has 0 amide bonds. The molecule has 0 unspecified atom stereocenters. The lowest BCUT2D eigenvalue weighted by Crippen LogP contribution is -2.07. The van der Waals surface area contributed by atoms with Crippen LogP contribution >= 0.6 is 0 Å². The predicted molar refractivity (Wildman–Crippen MR) is 43.2 cm³/mol. The summed E-state index contributed by atoms with van der Waals surface area (Å²) in [6.07, 6.45) is 5.32. The van der Waals surface area contributed by atoms with E-state index >= 15 is 0 Å². The van der Waals surface area contributed by atoms with Crippen molar-refractivity contribution in [2.75, 3.05) is 11.9 Å². The molecule has 0 bridgehead atoms. The summed E-state index contributed by atoms with van der Waals surface area (Å²) in [6, 6.07) is 0. The molecule has 0 aliphatic heterocycles. The van der Waals surface area contributed by atoms with E-state index < -0.39 is 5.95 Å². The van der Waals surface area contributed by atoms with Gasteiger partial charge in [-0.3, -0.25) is 0 Å². The molecule has 1 fully saturated rings. The summed E-state index contributed by atoms with van der Waals surface area (Å²) in [5.41, 5.74) is 0. The zero-order valence-corrected chi connectivity index (χ0v) is 6.63. The van der Waals surface area contributed by atoms with E-state index in [0.717, 1.165) is 6.54 Å². The van der Waals surface area contributed by atoms with Crippen molar-refractivity contribution in [1.82, 2.24) is 9.97 Å². The fraction of sp³-hybridized carbons (Fsp3) is 0.500. The summed E-state index contributed by atoms with van der Waals surface area (Å²) in [5, 5.41) is 2.93. The monoisotopic (exact) mass is 167 g/mol. The average Bonchev–Trinajstić information content (AvgIpc) is 2.86. The van der Waals surface area contributed by atoms with Gasteiger partial charge in [-0.15, -0.1) is 0 Å². The first kappa shape index (κ1) is 7.46. The lowest BCUT2D eigenvalue weighted by Gasteiger charge is -2.02. The van der Waals surface area contributed by atoms with Crippen molar-refractivity contribution in [2.45, 2.75) is 12.8 Å². The molecular weight excluding hydrogens is 157 g/mol. The van der Waals surface area contributed by atoms with Crippen LogP contribution in [-0.4, -0.2) is 16.5 Å². The quantitative estimate of drug-likeness (QED) is 0.740. The molecule has 4 heteroatoms. The number of anilines is 1. The summed E-state index contributed by atoms with van der Waals surface area (Å²) in [7, 11) is 0. The van der Waals surface area contributed by atoms with Crippen molar-refractivity contribution < 1.29 is 4.39 Å². The van der Waals surface area contributed by atoms with Crippen LogP contribution in [0.1, 0.15) is 12.8 Å². The molecule has 12 heavy (non-hydrogen) atoms. The topological polar surface area (TPSA) is 37.8 Å². The van der Waals surface area contributed by atoms with E-state index in [1.54, 1.807) is 0 Å². The Hall–Kier alpha value is -1.19. The van der Waals surface area contributed by atoms with Gasteiger partial charge in [0.25, 0.3) is 5.95 Å². The Labute approximate surface area is 70.0 Å². The Bertz CT molecular complexity index is 273. The molecule has 0 saturated heterocycles. The van der Waals surface area contributed by atoms with E-state index in [2.05, 4.69) is 15.3 Å². The van der Waals surface area contributed by atoms with Crippen molar-refractivity contribution >= 4 is 5.82 Å². The van der Waals surface area contributed by atoms with E-state index in [-0.39, 0.29) is 5.82 Å². The third-order valence-corrected chi connectivity index (χ3v) is 1.91. The van der Waals surface area contributed by atoms with Crippen LogP contribution in [0.15, 0.2) is 12.4 Å². The molecule has 1 aliphatic carbocycles. The van der Waals surface area contributed by atoms with E-state index in [0.29, 0.717) is 5.92 Å². The number of hydrogen-bond acceptors (Lipinski definition) is 3. The highest BCUT2D eigenvalue weighted by molar-refractivity contribution is 5.31. The van der Waals surface area contributed by atoms with Crippen LogP contribution in [0.2, 0.25) is 0 Å². The third kappa shape index (κ3) is 1.69. The van der Waals surface area contributed by atoms with Gasteiger partial charge in [-0.05, 0) is 18.8 Å². The lowest BCUT2D eigenvalue weighted by atomic mass is 10.4. The second kappa shape index (κ2) is 3.05. The van der Waals surface area contributed by atoms with Gasteiger partial charge >= 0.3 is 0 Å². The number of aromatic nitrogens is 2. The normalized spacial score (nSPS) is 16.1. The molecule has 1 aromatic heterocycles. The highest BCUT2D eigenvalue weighted by Crippen LogP contribution is 2.28. The molecule has 0 atom stereocenters. The number of nitrogens with one attached hydrogen (secondary N) is 1. The first-order valence-electron chi connectivity index (χ1n) is 4.06. The summed E-state index contributed by atoms with van der Waals surface area (Å²) in [6.45, 7) is 0.815. The number of rotatable bonds is 3. The zero-order valence-electron chi connectivity index (χ0n) is 6.63. The smallest absolute Gasteiger partial charge is 0.255 e. The number of halogens is 1. The van der Waals surface area contributed by atoms with Gasteiger partial charge in [-0.1, -0.05) is 0 Å². The summed E-state index contributed by atoms with van der Waals surface area (Å²) < 4.78 is 12.8. The highest BCUT2D eigenvalue weighted by atomic mass is 19.1. The van der Waals surface area contributed by atoms with Crippen molar-refractivity contribution in [3.63, 3.8) is 0 Å². The molecule has 3 nitrogen and oxygen atoms in total. The Kier molecular flexibility index (Phi) is 1.89. The number of nitrogens with zero attached hydrogens (tertiary/aromatic N) is 2. The predicted octanol–water partition coefficient (Wildman–Crippen LogP) is 1.44. The van der Waals surface area contributed by atoms with Gasteiger partial charge < -0.3 is 5.32 Å². The SMILES string of the molecule is Fc1nccnc1NCC1CC1. The first-order valence-corrected chi connectivity index (χ1v) is 4.06. The highest BCUT2D eigenvalue weighted by Gasteiger charge is 2.21. The minimum absolute atomic E-state index is 0.268. The van der Waals surface area contributed by atoms with Crippen LogP contribution in [0, 0.1) is 11.9 Å². The van der Waals surface area contributed by atoms with Gasteiger partial charge in [-0.25, -0.2) is 9.97 Å². The van der Waals surface area contributed by atoms with Crippen LogP contribution in [0.25, 0.3) is 0 Å². The van der Waals surface area contributed by atoms with Gasteiger partial charge in [0.2, 0.25) is 0 Å². The maximum absolute atomic E-state index is 12.8. The molecule has 1 saturated carbocycles. The van der Waals surface area contributed by atoms with Crippen molar-refractivity contribution in [3.05, 3.63) is 18.3 Å². The van der Waals surface area contributed by atoms with Gasteiger partial charge in [0.15, 0.2) is 5.82 Å². The molecule has 1 heterocycles. The van der Waals surface area contributed by atoms with E-state index in [1.807, 2.05) is 0 Å². The third-order valence-electron chi connectivity index (χ3n) is 1.91. The lowest BCUT2D eigenvalue weighted by molar-refractivity contribution is 0.579. The van der Waals surface area contributed by atoms with Crippen LogP contribution in [-0.2, 0) is 0 Å². The second-order valence-electron chi connectivity index (χ2n) is 3.02. The van der Waals surface area contributed by atoms with Crippen molar-refractivity contribution in [1.29, 1.82) is 0 Å². The molecule has 1 N–H and O–H groups in total. The number of hydrogen-bond donors (Lipinski definition) is 1. The summed E-state index contributed by atoms with van der Waals surface area (Å²) >= 11 is 0. The van der Waals surface area contributed by atoms with Gasteiger partial charge in [0.1, 0.15) is 0 Å². The molecule has 0 radical (unpaired) electrons. The van der Waals surface area contributed by atoms with Gasteiger partial charge in [-0.2, -0.15) is 4.39 Å². The Balaban J connectivity index is 1.96. The minimum Gasteiger partial charge on any atom is -0.366 e. The average molecular weight is 167 g/mol.